The molecule has 1 aliphatic rings. The van der Waals surface area contributed by atoms with Gasteiger partial charge in [0, 0.05) is 13.0 Å². The van der Waals surface area contributed by atoms with Crippen molar-refractivity contribution in [2.75, 3.05) is 19.7 Å². The summed E-state index contributed by atoms with van der Waals surface area (Å²) in [6, 6.07) is 8.81. The van der Waals surface area contributed by atoms with Gasteiger partial charge in [0.1, 0.15) is 5.75 Å². The average Bonchev–Trinajstić information content (AvgIpc) is 2.85. The molecule has 2 rings (SSSR count). The molecule has 0 aliphatic carbocycles. The molecular formula is C16H22N2O. The zero-order valence-corrected chi connectivity index (χ0v) is 11.8. The number of hydrogen-bond acceptors (Lipinski definition) is 3. The molecule has 0 saturated carbocycles. The highest BCUT2D eigenvalue weighted by molar-refractivity contribution is 5.39. The van der Waals surface area contributed by atoms with E-state index >= 15 is 0 Å². The van der Waals surface area contributed by atoms with Crippen molar-refractivity contribution in [2.24, 2.45) is 11.8 Å². The molecule has 1 unspecified atom stereocenters. The van der Waals surface area contributed by atoms with E-state index in [9.17, 15) is 0 Å². The fourth-order valence-corrected chi connectivity index (χ4v) is 2.32. The van der Waals surface area contributed by atoms with Gasteiger partial charge in [-0.1, -0.05) is 26.0 Å². The molecule has 0 aromatic heterocycles. The van der Waals surface area contributed by atoms with Crippen LogP contribution in [0.1, 0.15) is 25.0 Å². The predicted molar refractivity (Wildman–Crippen MR) is 76.2 cm³/mol. The summed E-state index contributed by atoms with van der Waals surface area (Å²) >= 11 is 0. The van der Waals surface area contributed by atoms with E-state index in [2.05, 4.69) is 43.4 Å². The summed E-state index contributed by atoms with van der Waals surface area (Å²) in [5.41, 5.74) is 2.67. The van der Waals surface area contributed by atoms with Gasteiger partial charge >= 0.3 is 0 Å². The van der Waals surface area contributed by atoms with Crippen LogP contribution in [0, 0.1) is 23.2 Å². The Bertz CT molecular complexity index is 462. The maximum Gasteiger partial charge on any atom is 0.122 e. The van der Waals surface area contributed by atoms with E-state index in [-0.39, 0.29) is 5.92 Å². The lowest BCUT2D eigenvalue weighted by Crippen LogP contribution is -2.27. The van der Waals surface area contributed by atoms with Gasteiger partial charge in [0.25, 0.3) is 0 Å². The topological polar surface area (TPSA) is 45.0 Å². The number of hydrogen-bond donors (Lipinski definition) is 1. The molecule has 1 N–H and O–H groups in total. The van der Waals surface area contributed by atoms with Crippen LogP contribution in [0.15, 0.2) is 18.2 Å². The standard InChI is InChI=1S/C16H22N2O/c1-12(2)15(10-17)11-18-7-5-13-3-4-16-14(9-13)6-8-19-16/h3-4,9,12,15,18H,5-8,11H2,1-2H3. The average molecular weight is 258 g/mol. The van der Waals surface area contributed by atoms with E-state index in [4.69, 9.17) is 10.00 Å². The number of fused-ring (bicyclic) bond motifs is 1. The first-order valence-corrected chi connectivity index (χ1v) is 7.05. The van der Waals surface area contributed by atoms with Crippen molar-refractivity contribution in [1.29, 1.82) is 5.26 Å². The fourth-order valence-electron chi connectivity index (χ4n) is 2.32. The van der Waals surface area contributed by atoms with E-state index in [1.54, 1.807) is 0 Å². The number of benzene rings is 1. The fraction of sp³-hybridized carbons (Fsp3) is 0.562. The minimum absolute atomic E-state index is 0.105. The van der Waals surface area contributed by atoms with Crippen molar-refractivity contribution in [2.45, 2.75) is 26.7 Å². The number of nitriles is 1. The summed E-state index contributed by atoms with van der Waals surface area (Å²) in [7, 11) is 0. The Morgan fingerprint density at radius 3 is 3.00 bits per heavy atom. The SMILES string of the molecule is CC(C)C(C#N)CNCCc1ccc2c(c1)CCO2. The van der Waals surface area contributed by atoms with Crippen molar-refractivity contribution in [3.8, 4) is 11.8 Å². The highest BCUT2D eigenvalue weighted by Crippen LogP contribution is 2.25. The van der Waals surface area contributed by atoms with E-state index in [0.29, 0.717) is 5.92 Å². The third-order valence-electron chi connectivity index (χ3n) is 3.68. The van der Waals surface area contributed by atoms with Crippen molar-refractivity contribution < 1.29 is 4.74 Å². The minimum Gasteiger partial charge on any atom is -0.493 e. The molecular weight excluding hydrogens is 236 g/mol. The molecule has 0 saturated heterocycles. The van der Waals surface area contributed by atoms with Crippen LogP contribution in [0.4, 0.5) is 0 Å². The summed E-state index contributed by atoms with van der Waals surface area (Å²) in [6.45, 7) is 6.70. The first kappa shape index (κ1) is 13.9. The van der Waals surface area contributed by atoms with Crippen LogP contribution in [-0.4, -0.2) is 19.7 Å². The minimum atomic E-state index is 0.105. The lowest BCUT2D eigenvalue weighted by molar-refractivity contribution is 0.357. The largest absolute Gasteiger partial charge is 0.493 e. The molecule has 3 heteroatoms. The van der Waals surface area contributed by atoms with Gasteiger partial charge in [-0.05, 0) is 36.1 Å². The van der Waals surface area contributed by atoms with E-state index in [0.717, 1.165) is 38.3 Å². The normalized spacial score (nSPS) is 14.8. The van der Waals surface area contributed by atoms with Gasteiger partial charge in [-0.3, -0.25) is 0 Å². The Hall–Kier alpha value is -1.53. The third kappa shape index (κ3) is 3.71. The van der Waals surface area contributed by atoms with Crippen molar-refractivity contribution >= 4 is 0 Å². The lowest BCUT2D eigenvalue weighted by atomic mass is 9.97. The Labute approximate surface area is 115 Å². The maximum absolute atomic E-state index is 9.01. The second-order valence-electron chi connectivity index (χ2n) is 5.47. The van der Waals surface area contributed by atoms with Gasteiger partial charge in [0.05, 0.1) is 18.6 Å². The summed E-state index contributed by atoms with van der Waals surface area (Å²) < 4.78 is 5.50. The zero-order valence-electron chi connectivity index (χ0n) is 11.8. The van der Waals surface area contributed by atoms with Crippen LogP contribution in [0.2, 0.25) is 0 Å². The van der Waals surface area contributed by atoms with Crippen LogP contribution >= 0.6 is 0 Å². The van der Waals surface area contributed by atoms with Crippen LogP contribution in [0.5, 0.6) is 5.75 Å². The molecule has 1 atom stereocenters. The van der Waals surface area contributed by atoms with Gasteiger partial charge in [-0.25, -0.2) is 0 Å². The Morgan fingerprint density at radius 2 is 2.26 bits per heavy atom. The molecule has 1 aromatic carbocycles. The lowest BCUT2D eigenvalue weighted by Gasteiger charge is -2.13. The maximum atomic E-state index is 9.01. The first-order chi connectivity index (χ1) is 9.20. The molecule has 3 nitrogen and oxygen atoms in total. The molecule has 1 heterocycles. The summed E-state index contributed by atoms with van der Waals surface area (Å²) in [6.07, 6.45) is 2.03. The van der Waals surface area contributed by atoms with Gasteiger partial charge in [0.2, 0.25) is 0 Å². The monoisotopic (exact) mass is 258 g/mol. The van der Waals surface area contributed by atoms with Crippen LogP contribution in [0.3, 0.4) is 0 Å². The quantitative estimate of drug-likeness (QED) is 0.798. The molecule has 0 radical (unpaired) electrons. The summed E-state index contributed by atoms with van der Waals surface area (Å²) in [5.74, 6) is 1.56. The molecule has 0 bridgehead atoms. The van der Waals surface area contributed by atoms with Gasteiger partial charge in [0.15, 0.2) is 0 Å². The molecule has 0 amide bonds. The molecule has 0 fully saturated rings. The van der Waals surface area contributed by atoms with E-state index in [1.807, 2.05) is 0 Å². The first-order valence-electron chi connectivity index (χ1n) is 7.05. The molecule has 0 spiro atoms. The van der Waals surface area contributed by atoms with Crippen LogP contribution in [0.25, 0.3) is 0 Å². The Kier molecular flexibility index (Phi) is 4.81. The van der Waals surface area contributed by atoms with Crippen molar-refractivity contribution in [3.63, 3.8) is 0 Å². The third-order valence-corrected chi connectivity index (χ3v) is 3.68. The number of ether oxygens (including phenoxy) is 1. The molecule has 1 aromatic rings. The molecule has 19 heavy (non-hydrogen) atoms. The second-order valence-corrected chi connectivity index (χ2v) is 5.47. The summed E-state index contributed by atoms with van der Waals surface area (Å²) in [5, 5.41) is 12.4. The highest BCUT2D eigenvalue weighted by Gasteiger charge is 2.13. The molecule has 1 aliphatic heterocycles. The zero-order chi connectivity index (χ0) is 13.7. The van der Waals surface area contributed by atoms with Crippen molar-refractivity contribution in [1.82, 2.24) is 5.32 Å². The smallest absolute Gasteiger partial charge is 0.122 e. The molecule has 102 valence electrons. The number of nitrogens with zero attached hydrogens (tertiary/aromatic N) is 1. The number of rotatable bonds is 6. The number of nitrogens with one attached hydrogen (secondary N) is 1. The van der Waals surface area contributed by atoms with Gasteiger partial charge in [-0.15, -0.1) is 0 Å². The Balaban J connectivity index is 1.76. The van der Waals surface area contributed by atoms with E-state index in [1.165, 1.54) is 11.1 Å². The van der Waals surface area contributed by atoms with E-state index < -0.39 is 0 Å². The highest BCUT2D eigenvalue weighted by atomic mass is 16.5. The Morgan fingerprint density at radius 1 is 1.42 bits per heavy atom. The van der Waals surface area contributed by atoms with Gasteiger partial charge < -0.3 is 10.1 Å². The summed E-state index contributed by atoms with van der Waals surface area (Å²) in [4.78, 5) is 0. The second kappa shape index (κ2) is 6.58. The van der Waals surface area contributed by atoms with Crippen LogP contribution in [-0.2, 0) is 12.8 Å². The predicted octanol–water partition coefficient (Wildman–Crippen LogP) is 2.55. The van der Waals surface area contributed by atoms with Gasteiger partial charge in [-0.2, -0.15) is 5.26 Å². The van der Waals surface area contributed by atoms with Crippen molar-refractivity contribution in [3.05, 3.63) is 29.3 Å². The van der Waals surface area contributed by atoms with Crippen LogP contribution < -0.4 is 10.1 Å².